The predicted octanol–water partition coefficient (Wildman–Crippen LogP) is 2.23. The normalized spacial score (nSPS) is 9.43. The second-order valence-electron chi connectivity index (χ2n) is 2.53. The molecule has 1 aromatic rings. The SMILES string of the molecule is Br.Cc1ccccc1C.O=S(=O)(O)O. The van der Waals surface area contributed by atoms with Gasteiger partial charge in [-0.1, -0.05) is 24.3 Å². The predicted molar refractivity (Wildman–Crippen MR) is 60.4 cm³/mol. The summed E-state index contributed by atoms with van der Waals surface area (Å²) in [6, 6.07) is 8.36. The third-order valence-corrected chi connectivity index (χ3v) is 1.43. The van der Waals surface area contributed by atoms with E-state index in [9.17, 15) is 0 Å². The summed E-state index contributed by atoms with van der Waals surface area (Å²) in [5.41, 5.74) is 2.74. The van der Waals surface area contributed by atoms with Crippen LogP contribution in [0.2, 0.25) is 0 Å². The minimum Gasteiger partial charge on any atom is -0.264 e. The summed E-state index contributed by atoms with van der Waals surface area (Å²) >= 11 is 0. The van der Waals surface area contributed by atoms with Gasteiger partial charge in [-0.25, -0.2) is 0 Å². The lowest BCUT2D eigenvalue weighted by molar-refractivity contribution is 0.381. The smallest absolute Gasteiger partial charge is 0.264 e. The summed E-state index contributed by atoms with van der Waals surface area (Å²) in [6.45, 7) is 4.24. The molecule has 0 saturated carbocycles. The van der Waals surface area contributed by atoms with Crippen LogP contribution in [0.3, 0.4) is 0 Å². The monoisotopic (exact) mass is 284 g/mol. The van der Waals surface area contributed by atoms with Crippen LogP contribution < -0.4 is 0 Å². The molecule has 0 aliphatic heterocycles. The van der Waals surface area contributed by atoms with Crippen LogP contribution >= 0.6 is 17.0 Å². The molecule has 0 aromatic heterocycles. The van der Waals surface area contributed by atoms with E-state index in [-0.39, 0.29) is 17.0 Å². The van der Waals surface area contributed by atoms with Gasteiger partial charge in [-0.15, -0.1) is 17.0 Å². The Hall–Kier alpha value is -0.430. The molecule has 0 heterocycles. The Kier molecular flexibility index (Phi) is 7.94. The largest absolute Gasteiger partial charge is 0.394 e. The van der Waals surface area contributed by atoms with Crippen molar-refractivity contribution in [3.05, 3.63) is 35.4 Å². The number of hydrogen-bond acceptors (Lipinski definition) is 2. The fourth-order valence-electron chi connectivity index (χ4n) is 0.663. The van der Waals surface area contributed by atoms with Crippen molar-refractivity contribution in [1.82, 2.24) is 0 Å². The molecule has 0 fully saturated rings. The maximum absolute atomic E-state index is 8.74. The van der Waals surface area contributed by atoms with Gasteiger partial charge in [-0.3, -0.25) is 9.11 Å². The molecule has 0 saturated heterocycles. The molecule has 2 N–H and O–H groups in total. The van der Waals surface area contributed by atoms with E-state index in [1.807, 2.05) is 0 Å². The van der Waals surface area contributed by atoms with Crippen molar-refractivity contribution in [2.24, 2.45) is 0 Å². The van der Waals surface area contributed by atoms with E-state index in [0.29, 0.717) is 0 Å². The van der Waals surface area contributed by atoms with Crippen LogP contribution in [-0.4, -0.2) is 17.5 Å². The Morgan fingerprint density at radius 3 is 1.36 bits per heavy atom. The van der Waals surface area contributed by atoms with Crippen LogP contribution in [0.1, 0.15) is 11.1 Å². The summed E-state index contributed by atoms with van der Waals surface area (Å²) in [5.74, 6) is 0. The first-order valence-corrected chi connectivity index (χ1v) is 4.92. The summed E-state index contributed by atoms with van der Waals surface area (Å²) in [6.07, 6.45) is 0. The lowest BCUT2D eigenvalue weighted by atomic mass is 10.1. The van der Waals surface area contributed by atoms with Crippen molar-refractivity contribution >= 4 is 27.4 Å². The number of aryl methyl sites for hydroxylation is 2. The van der Waals surface area contributed by atoms with Crippen LogP contribution in [0.5, 0.6) is 0 Å². The molecule has 0 atom stereocenters. The van der Waals surface area contributed by atoms with E-state index in [1.54, 1.807) is 0 Å². The van der Waals surface area contributed by atoms with Crippen molar-refractivity contribution in [3.63, 3.8) is 0 Å². The lowest BCUT2D eigenvalue weighted by Gasteiger charge is -1.93. The molecule has 0 radical (unpaired) electrons. The standard InChI is InChI=1S/C8H10.BrH.H2O4S/c1-7-5-3-4-6-8(7)2;;1-5(2,3)4/h3-6H,1-2H3;1H;(H2,1,2,3,4). The van der Waals surface area contributed by atoms with Crippen molar-refractivity contribution in [3.8, 4) is 0 Å². The van der Waals surface area contributed by atoms with E-state index in [2.05, 4.69) is 38.1 Å². The molecule has 4 nitrogen and oxygen atoms in total. The summed E-state index contributed by atoms with van der Waals surface area (Å²) in [4.78, 5) is 0. The van der Waals surface area contributed by atoms with Gasteiger partial charge in [-0.05, 0) is 25.0 Å². The first-order chi connectivity index (χ1) is 5.80. The first kappa shape index (κ1) is 16.0. The second kappa shape index (κ2) is 6.94. The molecular formula is C8H13BrO4S. The molecule has 0 unspecified atom stereocenters. The number of halogens is 1. The molecule has 0 spiro atoms. The highest BCUT2D eigenvalue weighted by atomic mass is 79.9. The molecule has 6 heteroatoms. The van der Waals surface area contributed by atoms with Gasteiger partial charge in [-0.2, -0.15) is 8.42 Å². The summed E-state index contributed by atoms with van der Waals surface area (Å²) in [7, 11) is -4.67. The zero-order valence-electron chi connectivity index (χ0n) is 7.84. The van der Waals surface area contributed by atoms with E-state index in [1.165, 1.54) is 11.1 Å². The Labute approximate surface area is 94.3 Å². The molecule has 1 rings (SSSR count). The molecule has 0 aliphatic carbocycles. The van der Waals surface area contributed by atoms with Gasteiger partial charge in [0.05, 0.1) is 0 Å². The zero-order chi connectivity index (χ0) is 10.5. The minimum atomic E-state index is -4.67. The van der Waals surface area contributed by atoms with Crippen molar-refractivity contribution in [2.45, 2.75) is 13.8 Å². The van der Waals surface area contributed by atoms with Gasteiger partial charge in [0.1, 0.15) is 0 Å². The first-order valence-electron chi connectivity index (χ1n) is 3.53. The van der Waals surface area contributed by atoms with Crippen LogP contribution in [0.25, 0.3) is 0 Å². The third kappa shape index (κ3) is 11.6. The van der Waals surface area contributed by atoms with Gasteiger partial charge in [0.15, 0.2) is 0 Å². The Morgan fingerprint density at radius 1 is 1.00 bits per heavy atom. The number of hydrogen-bond donors (Lipinski definition) is 2. The third-order valence-electron chi connectivity index (χ3n) is 1.43. The van der Waals surface area contributed by atoms with Crippen LogP contribution in [0, 0.1) is 13.8 Å². The van der Waals surface area contributed by atoms with Crippen molar-refractivity contribution < 1.29 is 17.5 Å². The van der Waals surface area contributed by atoms with Crippen LogP contribution in [0.4, 0.5) is 0 Å². The highest BCUT2D eigenvalue weighted by molar-refractivity contribution is 8.93. The fourth-order valence-corrected chi connectivity index (χ4v) is 0.663. The fraction of sp³-hybridized carbons (Fsp3) is 0.250. The molecule has 1 aromatic carbocycles. The van der Waals surface area contributed by atoms with Crippen LogP contribution in [-0.2, 0) is 10.4 Å². The zero-order valence-corrected chi connectivity index (χ0v) is 10.4. The molecule has 0 bridgehead atoms. The number of rotatable bonds is 0. The minimum absolute atomic E-state index is 0. The maximum atomic E-state index is 8.74. The van der Waals surface area contributed by atoms with Gasteiger partial charge in [0.25, 0.3) is 0 Å². The second-order valence-corrected chi connectivity index (χ2v) is 3.43. The molecule has 0 aliphatic rings. The average molecular weight is 285 g/mol. The highest BCUT2D eigenvalue weighted by Crippen LogP contribution is 2.02. The van der Waals surface area contributed by atoms with Gasteiger partial charge < -0.3 is 0 Å². The van der Waals surface area contributed by atoms with E-state index < -0.39 is 10.4 Å². The Morgan fingerprint density at radius 2 is 1.21 bits per heavy atom. The maximum Gasteiger partial charge on any atom is 0.394 e. The van der Waals surface area contributed by atoms with E-state index in [4.69, 9.17) is 17.5 Å². The highest BCUT2D eigenvalue weighted by Gasteiger charge is 1.85. The van der Waals surface area contributed by atoms with E-state index in [0.717, 1.165) is 0 Å². The quantitative estimate of drug-likeness (QED) is 0.717. The number of benzene rings is 1. The Balaban J connectivity index is 0. The molecule has 82 valence electrons. The molecular weight excluding hydrogens is 272 g/mol. The average Bonchev–Trinajstić information content (AvgIpc) is 1.92. The Bertz CT molecular complexity index is 332. The van der Waals surface area contributed by atoms with E-state index >= 15 is 0 Å². The lowest BCUT2D eigenvalue weighted by Crippen LogP contribution is -1.89. The topological polar surface area (TPSA) is 74.6 Å². The van der Waals surface area contributed by atoms with Gasteiger partial charge >= 0.3 is 10.4 Å². The molecule has 14 heavy (non-hydrogen) atoms. The van der Waals surface area contributed by atoms with Crippen molar-refractivity contribution in [1.29, 1.82) is 0 Å². The van der Waals surface area contributed by atoms with Gasteiger partial charge in [0.2, 0.25) is 0 Å². The van der Waals surface area contributed by atoms with Crippen LogP contribution in [0.15, 0.2) is 24.3 Å². The molecule has 0 amide bonds. The summed E-state index contributed by atoms with van der Waals surface area (Å²) < 4.78 is 31.6. The van der Waals surface area contributed by atoms with Gasteiger partial charge in [0, 0.05) is 0 Å². The van der Waals surface area contributed by atoms with Crippen molar-refractivity contribution in [2.75, 3.05) is 0 Å². The summed E-state index contributed by atoms with van der Waals surface area (Å²) in [5, 5.41) is 0.